The van der Waals surface area contributed by atoms with E-state index < -0.39 is 5.54 Å². The number of aromatic nitrogens is 1. The number of hydrogen-bond donors (Lipinski definition) is 0. The Morgan fingerprint density at radius 1 is 1.38 bits per heavy atom. The van der Waals surface area contributed by atoms with E-state index in [0.717, 1.165) is 51.3 Å². The van der Waals surface area contributed by atoms with Crippen LogP contribution in [0, 0.1) is 0 Å². The fourth-order valence-corrected chi connectivity index (χ4v) is 3.57. The van der Waals surface area contributed by atoms with Gasteiger partial charge in [-0.05, 0) is 44.7 Å². The molecule has 4 heteroatoms. The first-order valence-electron chi connectivity index (χ1n) is 7.91. The second-order valence-electron chi connectivity index (χ2n) is 6.52. The zero-order valence-corrected chi connectivity index (χ0v) is 13.0. The Morgan fingerprint density at radius 3 is 2.90 bits per heavy atom. The van der Waals surface area contributed by atoms with Crippen LogP contribution in [0.15, 0.2) is 18.3 Å². The largest absolute Gasteiger partial charge is 0.379 e. The standard InChI is InChI=1S/C17H24N2O2/c1-17(2,19-9-11-21-12-10-19)16(20)14-7-3-5-13-6-4-8-18-15(13)14/h4,6,8,14H,3,5,7,9-12H2,1-2H3. The summed E-state index contributed by atoms with van der Waals surface area (Å²) in [5, 5.41) is 0. The number of carbonyl (C=O) groups is 1. The van der Waals surface area contributed by atoms with Gasteiger partial charge in [0.1, 0.15) is 0 Å². The highest BCUT2D eigenvalue weighted by Crippen LogP contribution is 2.35. The number of ether oxygens (including phenoxy) is 1. The summed E-state index contributed by atoms with van der Waals surface area (Å²) < 4.78 is 5.41. The molecule has 0 radical (unpaired) electrons. The van der Waals surface area contributed by atoms with Crippen LogP contribution in [0.1, 0.15) is 43.9 Å². The second kappa shape index (κ2) is 5.85. The molecule has 4 nitrogen and oxygen atoms in total. The number of rotatable bonds is 3. The van der Waals surface area contributed by atoms with Crippen molar-refractivity contribution in [2.75, 3.05) is 26.3 Å². The van der Waals surface area contributed by atoms with E-state index in [4.69, 9.17) is 4.74 Å². The van der Waals surface area contributed by atoms with Gasteiger partial charge in [0.2, 0.25) is 0 Å². The first kappa shape index (κ1) is 14.7. The van der Waals surface area contributed by atoms with Crippen molar-refractivity contribution in [1.29, 1.82) is 0 Å². The summed E-state index contributed by atoms with van der Waals surface area (Å²) in [7, 11) is 0. The molecule has 1 aromatic rings. The Morgan fingerprint density at radius 2 is 2.14 bits per heavy atom. The molecule has 1 aliphatic carbocycles. The van der Waals surface area contributed by atoms with Gasteiger partial charge in [-0.3, -0.25) is 14.7 Å². The molecule has 1 fully saturated rings. The van der Waals surface area contributed by atoms with Crippen molar-refractivity contribution in [3.63, 3.8) is 0 Å². The number of pyridine rings is 1. The molecule has 0 aromatic carbocycles. The lowest BCUT2D eigenvalue weighted by Gasteiger charge is -2.41. The molecule has 3 rings (SSSR count). The fraction of sp³-hybridized carbons (Fsp3) is 0.647. The summed E-state index contributed by atoms with van der Waals surface area (Å²) in [4.78, 5) is 19.9. The molecular formula is C17H24N2O2. The van der Waals surface area contributed by atoms with Crippen LogP contribution in [0.3, 0.4) is 0 Å². The van der Waals surface area contributed by atoms with Crippen LogP contribution in [0.25, 0.3) is 0 Å². The van der Waals surface area contributed by atoms with E-state index in [0.29, 0.717) is 5.78 Å². The third-order valence-electron chi connectivity index (χ3n) is 4.92. The van der Waals surface area contributed by atoms with Crippen LogP contribution in [-0.4, -0.2) is 47.5 Å². The van der Waals surface area contributed by atoms with Gasteiger partial charge in [-0.15, -0.1) is 0 Å². The summed E-state index contributed by atoms with van der Waals surface area (Å²) in [5.41, 5.74) is 1.82. The lowest BCUT2D eigenvalue weighted by atomic mass is 9.77. The molecular weight excluding hydrogens is 264 g/mol. The predicted octanol–water partition coefficient (Wildman–Crippen LogP) is 2.18. The number of hydrogen-bond acceptors (Lipinski definition) is 4. The molecule has 2 heterocycles. The highest BCUT2D eigenvalue weighted by molar-refractivity contribution is 5.93. The van der Waals surface area contributed by atoms with Crippen molar-refractivity contribution in [2.45, 2.75) is 44.6 Å². The van der Waals surface area contributed by atoms with E-state index in [-0.39, 0.29) is 5.92 Å². The minimum Gasteiger partial charge on any atom is -0.379 e. The van der Waals surface area contributed by atoms with Crippen LogP contribution in [-0.2, 0) is 16.0 Å². The van der Waals surface area contributed by atoms with Gasteiger partial charge < -0.3 is 4.74 Å². The molecule has 1 atom stereocenters. The number of Topliss-reactive ketones (excluding diaryl/α,β-unsaturated/α-hetero) is 1. The Kier molecular flexibility index (Phi) is 4.09. The summed E-state index contributed by atoms with van der Waals surface area (Å²) >= 11 is 0. The number of aryl methyl sites for hydroxylation is 1. The number of carbonyl (C=O) groups excluding carboxylic acids is 1. The van der Waals surface area contributed by atoms with Gasteiger partial charge in [-0.25, -0.2) is 0 Å². The lowest BCUT2D eigenvalue weighted by Crippen LogP contribution is -2.56. The van der Waals surface area contributed by atoms with Gasteiger partial charge in [-0.2, -0.15) is 0 Å². The topological polar surface area (TPSA) is 42.4 Å². The first-order chi connectivity index (χ1) is 10.1. The van der Waals surface area contributed by atoms with Crippen molar-refractivity contribution < 1.29 is 9.53 Å². The number of nitrogens with zero attached hydrogens (tertiary/aromatic N) is 2. The van der Waals surface area contributed by atoms with Gasteiger partial charge in [0.25, 0.3) is 0 Å². The summed E-state index contributed by atoms with van der Waals surface area (Å²) in [5.74, 6) is 0.261. The first-order valence-corrected chi connectivity index (χ1v) is 7.91. The Hall–Kier alpha value is -1.26. The summed E-state index contributed by atoms with van der Waals surface area (Å²) in [6, 6.07) is 4.09. The van der Waals surface area contributed by atoms with E-state index in [1.807, 2.05) is 12.3 Å². The monoisotopic (exact) mass is 288 g/mol. The maximum atomic E-state index is 13.2. The van der Waals surface area contributed by atoms with Gasteiger partial charge in [0.15, 0.2) is 5.78 Å². The maximum Gasteiger partial charge on any atom is 0.161 e. The third kappa shape index (κ3) is 2.74. The molecule has 1 aromatic heterocycles. The number of fused-ring (bicyclic) bond motifs is 1. The van der Waals surface area contributed by atoms with Crippen LogP contribution < -0.4 is 0 Å². The molecule has 21 heavy (non-hydrogen) atoms. The van der Waals surface area contributed by atoms with Gasteiger partial charge in [0.05, 0.1) is 30.4 Å². The molecule has 114 valence electrons. The molecule has 0 N–H and O–H groups in total. The minimum atomic E-state index is -0.444. The van der Waals surface area contributed by atoms with Gasteiger partial charge >= 0.3 is 0 Å². The predicted molar refractivity (Wildman–Crippen MR) is 81.4 cm³/mol. The van der Waals surface area contributed by atoms with Gasteiger partial charge in [-0.1, -0.05) is 6.07 Å². The van der Waals surface area contributed by atoms with Gasteiger partial charge in [0, 0.05) is 19.3 Å². The third-order valence-corrected chi connectivity index (χ3v) is 4.92. The smallest absolute Gasteiger partial charge is 0.161 e. The molecule has 0 bridgehead atoms. The summed E-state index contributed by atoms with van der Waals surface area (Å²) in [6.45, 7) is 7.21. The average molecular weight is 288 g/mol. The zero-order chi connectivity index (χ0) is 14.9. The van der Waals surface area contributed by atoms with E-state index in [1.54, 1.807) is 0 Å². The molecule has 2 aliphatic rings. The van der Waals surface area contributed by atoms with E-state index in [2.05, 4.69) is 29.8 Å². The van der Waals surface area contributed by atoms with E-state index in [1.165, 1.54) is 5.56 Å². The zero-order valence-electron chi connectivity index (χ0n) is 13.0. The van der Waals surface area contributed by atoms with Crippen molar-refractivity contribution in [3.8, 4) is 0 Å². The van der Waals surface area contributed by atoms with Crippen molar-refractivity contribution in [3.05, 3.63) is 29.6 Å². The normalized spacial score (nSPS) is 23.6. The van der Waals surface area contributed by atoms with Crippen LogP contribution >= 0.6 is 0 Å². The quantitative estimate of drug-likeness (QED) is 0.855. The molecule has 0 amide bonds. The fourth-order valence-electron chi connectivity index (χ4n) is 3.57. The van der Waals surface area contributed by atoms with Crippen LogP contribution in [0.5, 0.6) is 0 Å². The Labute approximate surface area is 126 Å². The van der Waals surface area contributed by atoms with Crippen LogP contribution in [0.4, 0.5) is 0 Å². The molecule has 1 aliphatic heterocycles. The number of morpholine rings is 1. The highest BCUT2D eigenvalue weighted by Gasteiger charge is 2.41. The molecule has 0 spiro atoms. The Bertz CT molecular complexity index is 521. The average Bonchev–Trinajstić information content (AvgIpc) is 2.54. The number of ketones is 1. The van der Waals surface area contributed by atoms with Crippen molar-refractivity contribution >= 4 is 5.78 Å². The molecule has 1 saturated heterocycles. The highest BCUT2D eigenvalue weighted by atomic mass is 16.5. The van der Waals surface area contributed by atoms with Crippen molar-refractivity contribution in [1.82, 2.24) is 9.88 Å². The SMILES string of the molecule is CC(C)(C(=O)C1CCCc2cccnc21)N1CCOCC1. The second-order valence-corrected chi connectivity index (χ2v) is 6.52. The molecule has 1 unspecified atom stereocenters. The summed E-state index contributed by atoms with van der Waals surface area (Å²) in [6.07, 6.45) is 4.86. The minimum absolute atomic E-state index is 0.0483. The van der Waals surface area contributed by atoms with E-state index in [9.17, 15) is 4.79 Å². The lowest BCUT2D eigenvalue weighted by molar-refractivity contribution is -0.134. The Balaban J connectivity index is 1.85. The maximum absolute atomic E-state index is 13.2. The van der Waals surface area contributed by atoms with Crippen molar-refractivity contribution in [2.24, 2.45) is 0 Å². The molecule has 0 saturated carbocycles. The van der Waals surface area contributed by atoms with E-state index >= 15 is 0 Å². The van der Waals surface area contributed by atoms with Crippen LogP contribution in [0.2, 0.25) is 0 Å².